The molecule has 0 aliphatic rings. The fourth-order valence-electron chi connectivity index (χ4n) is 3.75. The maximum atomic E-state index is 11.4. The van der Waals surface area contributed by atoms with Gasteiger partial charge in [0.1, 0.15) is 0 Å². The fraction of sp³-hybridized carbons (Fsp3) is 0. The summed E-state index contributed by atoms with van der Waals surface area (Å²) in [5.74, 6) is 0.475. The van der Waals surface area contributed by atoms with Crippen LogP contribution < -0.4 is 5.06 Å². The maximum absolute atomic E-state index is 11.4. The molecule has 1 N–H and O–H groups in total. The van der Waals surface area contributed by atoms with Crippen LogP contribution in [0.5, 0.6) is 0 Å². The number of rotatable bonds is 3. The summed E-state index contributed by atoms with van der Waals surface area (Å²) >= 11 is 0. The first-order chi connectivity index (χ1) is 14.8. The van der Waals surface area contributed by atoms with E-state index in [0.29, 0.717) is 11.5 Å². The van der Waals surface area contributed by atoms with E-state index < -0.39 is 0 Å². The molecule has 5 aromatic carbocycles. The van der Waals surface area contributed by atoms with E-state index in [-0.39, 0.29) is 0 Å². The van der Waals surface area contributed by atoms with Gasteiger partial charge in [-0.05, 0) is 22.9 Å². The van der Waals surface area contributed by atoms with Crippen molar-refractivity contribution in [1.29, 1.82) is 0 Å². The predicted octanol–water partition coefficient (Wildman–Crippen LogP) is 6.97. The zero-order valence-electron chi connectivity index (χ0n) is 16.3. The van der Waals surface area contributed by atoms with Gasteiger partial charge in [-0.15, -0.1) is 0 Å². The summed E-state index contributed by atoms with van der Waals surface area (Å²) < 4.78 is 0. The molecular formula is C27H20N2O. The summed E-state index contributed by atoms with van der Waals surface area (Å²) in [4.78, 5) is 4.93. The van der Waals surface area contributed by atoms with E-state index in [1.165, 1.54) is 5.06 Å². The van der Waals surface area contributed by atoms with Crippen LogP contribution in [-0.2, 0) is 0 Å². The second kappa shape index (κ2) is 7.82. The Labute approximate surface area is 175 Å². The molecule has 0 spiro atoms. The lowest BCUT2D eigenvalue weighted by atomic mass is 10.1. The van der Waals surface area contributed by atoms with Crippen LogP contribution in [0, 0.1) is 0 Å². The average Bonchev–Trinajstić information content (AvgIpc) is 2.82. The largest absolute Gasteiger partial charge is 0.282 e. The highest BCUT2D eigenvalue weighted by atomic mass is 16.5. The van der Waals surface area contributed by atoms with Crippen molar-refractivity contribution in [3.8, 4) is 0 Å². The number of aliphatic imine (C=N–C) groups is 1. The Hall–Kier alpha value is -3.95. The Morgan fingerprint density at radius 1 is 0.567 bits per heavy atom. The van der Waals surface area contributed by atoms with Gasteiger partial charge in [-0.2, -0.15) is 0 Å². The highest BCUT2D eigenvalue weighted by Gasteiger charge is 2.17. The molecule has 5 rings (SSSR count). The number of hydrogen-bond acceptors (Lipinski definition) is 2. The molecule has 0 aromatic heterocycles. The Morgan fingerprint density at radius 2 is 1.13 bits per heavy atom. The van der Waals surface area contributed by atoms with Crippen LogP contribution >= 0.6 is 0 Å². The molecule has 0 heterocycles. The minimum Gasteiger partial charge on any atom is -0.282 e. The van der Waals surface area contributed by atoms with Crippen LogP contribution in [0.1, 0.15) is 5.56 Å². The molecule has 0 radical (unpaired) electrons. The minimum atomic E-state index is 0.475. The van der Waals surface area contributed by atoms with Gasteiger partial charge in [0.05, 0.1) is 11.4 Å². The van der Waals surface area contributed by atoms with Crippen molar-refractivity contribution in [2.24, 2.45) is 4.99 Å². The molecule has 5 aromatic rings. The van der Waals surface area contributed by atoms with Crippen LogP contribution in [0.4, 0.5) is 11.4 Å². The molecule has 0 bridgehead atoms. The van der Waals surface area contributed by atoms with E-state index in [1.54, 1.807) is 0 Å². The van der Waals surface area contributed by atoms with Crippen LogP contribution in [0.3, 0.4) is 0 Å². The summed E-state index contributed by atoms with van der Waals surface area (Å²) in [7, 11) is 0. The van der Waals surface area contributed by atoms with Crippen molar-refractivity contribution in [3.05, 3.63) is 121 Å². The van der Waals surface area contributed by atoms with Gasteiger partial charge < -0.3 is 0 Å². The van der Waals surface area contributed by atoms with Gasteiger partial charge in [0.2, 0.25) is 0 Å². The summed E-state index contributed by atoms with van der Waals surface area (Å²) in [6, 6.07) is 37.9. The molecule has 3 heteroatoms. The molecule has 0 saturated heterocycles. The molecular weight excluding hydrogens is 368 g/mol. The van der Waals surface area contributed by atoms with E-state index in [1.807, 2.05) is 97.1 Å². The third kappa shape index (κ3) is 3.32. The average molecular weight is 388 g/mol. The number of nitrogens with zero attached hydrogens (tertiary/aromatic N) is 2. The number of hydroxylamine groups is 1. The molecule has 0 aliphatic heterocycles. The fourth-order valence-corrected chi connectivity index (χ4v) is 3.75. The van der Waals surface area contributed by atoms with Gasteiger partial charge in [0.15, 0.2) is 5.84 Å². The number of benzene rings is 5. The van der Waals surface area contributed by atoms with Crippen LogP contribution in [0.2, 0.25) is 0 Å². The zero-order valence-corrected chi connectivity index (χ0v) is 16.3. The van der Waals surface area contributed by atoms with Crippen molar-refractivity contribution in [1.82, 2.24) is 0 Å². The van der Waals surface area contributed by atoms with E-state index in [0.717, 1.165) is 32.8 Å². The summed E-state index contributed by atoms with van der Waals surface area (Å²) in [5, 5.41) is 16.7. The highest BCUT2D eigenvalue weighted by molar-refractivity contribution is 6.14. The topological polar surface area (TPSA) is 35.8 Å². The van der Waals surface area contributed by atoms with E-state index in [4.69, 9.17) is 4.99 Å². The third-order valence-electron chi connectivity index (χ3n) is 5.22. The molecule has 30 heavy (non-hydrogen) atoms. The number of amidine groups is 1. The normalized spacial score (nSPS) is 11.7. The van der Waals surface area contributed by atoms with Gasteiger partial charge in [-0.3, -0.25) is 5.21 Å². The quantitative estimate of drug-likeness (QED) is 0.206. The van der Waals surface area contributed by atoms with Crippen molar-refractivity contribution < 1.29 is 5.21 Å². The molecule has 0 unspecified atom stereocenters. The van der Waals surface area contributed by atoms with Gasteiger partial charge in [0, 0.05) is 16.3 Å². The number of anilines is 1. The van der Waals surface area contributed by atoms with Gasteiger partial charge in [-0.1, -0.05) is 103 Å². The molecule has 144 valence electrons. The smallest absolute Gasteiger partial charge is 0.165 e. The molecule has 0 fully saturated rings. The second-order valence-corrected chi connectivity index (χ2v) is 7.11. The zero-order chi connectivity index (χ0) is 20.3. The van der Waals surface area contributed by atoms with Gasteiger partial charge in [-0.25, -0.2) is 10.1 Å². The Morgan fingerprint density at radius 3 is 1.90 bits per heavy atom. The van der Waals surface area contributed by atoms with Crippen molar-refractivity contribution >= 4 is 38.8 Å². The first-order valence-corrected chi connectivity index (χ1v) is 9.90. The SMILES string of the molecule is ON(/C(=N/c1cccc2ccccc12)c1ccccc1)c1cccc2ccccc12. The van der Waals surface area contributed by atoms with Gasteiger partial charge in [0.25, 0.3) is 0 Å². The molecule has 0 amide bonds. The highest BCUT2D eigenvalue weighted by Crippen LogP contribution is 2.30. The van der Waals surface area contributed by atoms with Crippen LogP contribution in [-0.4, -0.2) is 11.0 Å². The standard InChI is InChI=1S/C27H20N2O/c30-29(26-19-9-15-21-11-5-7-17-24(21)26)27(22-12-2-1-3-13-22)28-25-18-8-14-20-10-4-6-16-23(20)25/h1-19,30H/b28-27+. The van der Waals surface area contributed by atoms with Crippen LogP contribution in [0.25, 0.3) is 21.5 Å². The lowest BCUT2D eigenvalue weighted by Crippen LogP contribution is -2.28. The molecule has 0 saturated carbocycles. The van der Waals surface area contributed by atoms with E-state index in [9.17, 15) is 5.21 Å². The maximum Gasteiger partial charge on any atom is 0.165 e. The third-order valence-corrected chi connectivity index (χ3v) is 5.22. The predicted molar refractivity (Wildman–Crippen MR) is 125 cm³/mol. The first-order valence-electron chi connectivity index (χ1n) is 9.90. The van der Waals surface area contributed by atoms with Crippen molar-refractivity contribution in [2.75, 3.05) is 5.06 Å². The monoisotopic (exact) mass is 388 g/mol. The lowest BCUT2D eigenvalue weighted by molar-refractivity contribution is 0.314. The number of fused-ring (bicyclic) bond motifs is 2. The Bertz CT molecular complexity index is 1350. The first kappa shape index (κ1) is 18.1. The summed E-state index contributed by atoms with van der Waals surface area (Å²) in [6.07, 6.45) is 0. The van der Waals surface area contributed by atoms with E-state index in [2.05, 4.69) is 18.2 Å². The Kier molecular flexibility index (Phi) is 4.72. The molecule has 0 aliphatic carbocycles. The van der Waals surface area contributed by atoms with Crippen LogP contribution in [0.15, 0.2) is 120 Å². The lowest BCUT2D eigenvalue weighted by Gasteiger charge is -2.21. The minimum absolute atomic E-state index is 0.475. The van der Waals surface area contributed by atoms with Crippen molar-refractivity contribution in [3.63, 3.8) is 0 Å². The molecule has 3 nitrogen and oxygen atoms in total. The Balaban J connectivity index is 1.72. The van der Waals surface area contributed by atoms with Gasteiger partial charge >= 0.3 is 0 Å². The second-order valence-electron chi connectivity index (χ2n) is 7.11. The summed E-state index contributed by atoms with van der Waals surface area (Å²) in [6.45, 7) is 0. The number of hydrogen-bond donors (Lipinski definition) is 1. The van der Waals surface area contributed by atoms with Crippen molar-refractivity contribution in [2.45, 2.75) is 0 Å². The summed E-state index contributed by atoms with van der Waals surface area (Å²) in [5.41, 5.74) is 2.34. The van der Waals surface area contributed by atoms with E-state index >= 15 is 0 Å². The molecule has 0 atom stereocenters.